The molecular weight excluding hydrogens is 402 g/mol. The normalized spacial score (nSPS) is 11.8. The van der Waals surface area contributed by atoms with Crippen LogP contribution in [0.25, 0.3) is 21.7 Å². The van der Waals surface area contributed by atoms with Crippen molar-refractivity contribution < 1.29 is 4.79 Å². The van der Waals surface area contributed by atoms with Gasteiger partial charge in [0.1, 0.15) is 5.82 Å². The van der Waals surface area contributed by atoms with E-state index in [2.05, 4.69) is 48.4 Å². The standard InChI is InChI=1S/C26H25N3OS/c1-4-23-29-24(20-12-8-9-17(2)15-20)25(31-23)21-13-14-27-22(16-21)28-26(30)18(3)19-10-6-5-7-11-19/h5-16,18H,4H2,1-3H3,(H,27,28,30). The fraction of sp³-hybridized carbons (Fsp3) is 0.192. The first kappa shape index (κ1) is 20.9. The van der Waals surface area contributed by atoms with E-state index < -0.39 is 0 Å². The number of hydrogen-bond acceptors (Lipinski definition) is 4. The summed E-state index contributed by atoms with van der Waals surface area (Å²) in [6.07, 6.45) is 2.62. The molecule has 4 aromatic rings. The number of nitrogens with zero attached hydrogens (tertiary/aromatic N) is 2. The van der Waals surface area contributed by atoms with Crippen LogP contribution in [-0.2, 0) is 11.2 Å². The van der Waals surface area contributed by atoms with Crippen LogP contribution in [0.4, 0.5) is 5.82 Å². The second-order valence-corrected chi connectivity index (χ2v) is 8.64. The van der Waals surface area contributed by atoms with Crippen molar-refractivity contribution in [3.8, 4) is 21.7 Å². The molecule has 1 atom stereocenters. The van der Waals surface area contributed by atoms with Crippen LogP contribution in [0.5, 0.6) is 0 Å². The summed E-state index contributed by atoms with van der Waals surface area (Å²) in [6, 6.07) is 22.1. The van der Waals surface area contributed by atoms with Gasteiger partial charge in [0.05, 0.1) is 21.5 Å². The SMILES string of the molecule is CCc1nc(-c2cccc(C)c2)c(-c2ccnc(NC(=O)C(C)c3ccccc3)c2)s1. The summed E-state index contributed by atoms with van der Waals surface area (Å²) in [6.45, 7) is 6.11. The molecule has 2 aromatic carbocycles. The van der Waals surface area contributed by atoms with Crippen molar-refractivity contribution in [1.82, 2.24) is 9.97 Å². The van der Waals surface area contributed by atoms with Crippen LogP contribution in [0.2, 0.25) is 0 Å². The molecule has 0 fully saturated rings. The van der Waals surface area contributed by atoms with E-state index in [9.17, 15) is 4.79 Å². The largest absolute Gasteiger partial charge is 0.310 e. The maximum atomic E-state index is 12.8. The quantitative estimate of drug-likeness (QED) is 0.383. The lowest BCUT2D eigenvalue weighted by molar-refractivity contribution is -0.117. The zero-order chi connectivity index (χ0) is 21.8. The Bertz CT molecular complexity index is 1200. The van der Waals surface area contributed by atoms with Gasteiger partial charge in [0, 0.05) is 11.8 Å². The molecule has 1 N–H and O–H groups in total. The number of hydrogen-bond donors (Lipinski definition) is 1. The lowest BCUT2D eigenvalue weighted by atomic mass is 10.0. The summed E-state index contributed by atoms with van der Waals surface area (Å²) < 4.78 is 0. The third-order valence-corrected chi connectivity index (χ3v) is 6.48. The van der Waals surface area contributed by atoms with Crippen LogP contribution in [0, 0.1) is 6.92 Å². The maximum Gasteiger partial charge on any atom is 0.232 e. The molecule has 156 valence electrons. The Balaban J connectivity index is 1.64. The van der Waals surface area contributed by atoms with Gasteiger partial charge < -0.3 is 5.32 Å². The highest BCUT2D eigenvalue weighted by atomic mass is 32.1. The molecule has 31 heavy (non-hydrogen) atoms. The van der Waals surface area contributed by atoms with Crippen molar-refractivity contribution in [3.63, 3.8) is 0 Å². The van der Waals surface area contributed by atoms with E-state index in [1.54, 1.807) is 17.5 Å². The Hall–Kier alpha value is -3.31. The van der Waals surface area contributed by atoms with Gasteiger partial charge in [-0.25, -0.2) is 9.97 Å². The van der Waals surface area contributed by atoms with Gasteiger partial charge in [-0.2, -0.15) is 0 Å². The van der Waals surface area contributed by atoms with E-state index in [0.29, 0.717) is 5.82 Å². The summed E-state index contributed by atoms with van der Waals surface area (Å²) in [4.78, 5) is 23.1. The Morgan fingerprint density at radius 1 is 1.03 bits per heavy atom. The highest BCUT2D eigenvalue weighted by molar-refractivity contribution is 7.15. The Labute approximate surface area is 187 Å². The second-order valence-electron chi connectivity index (χ2n) is 7.56. The summed E-state index contributed by atoms with van der Waals surface area (Å²) in [7, 11) is 0. The summed E-state index contributed by atoms with van der Waals surface area (Å²) in [5, 5.41) is 4.06. The number of carbonyl (C=O) groups is 1. The molecule has 2 aromatic heterocycles. The Morgan fingerprint density at radius 2 is 1.84 bits per heavy atom. The Kier molecular flexibility index (Phi) is 6.23. The van der Waals surface area contributed by atoms with Crippen molar-refractivity contribution in [2.24, 2.45) is 0 Å². The van der Waals surface area contributed by atoms with Crippen LogP contribution >= 0.6 is 11.3 Å². The number of anilines is 1. The molecule has 0 aliphatic rings. The molecule has 4 nitrogen and oxygen atoms in total. The van der Waals surface area contributed by atoms with Gasteiger partial charge in [-0.1, -0.05) is 61.0 Å². The third-order valence-electron chi connectivity index (χ3n) is 5.23. The molecule has 0 spiro atoms. The van der Waals surface area contributed by atoms with Crippen molar-refractivity contribution in [2.75, 3.05) is 5.32 Å². The minimum atomic E-state index is -0.260. The highest BCUT2D eigenvalue weighted by Gasteiger charge is 2.18. The fourth-order valence-corrected chi connectivity index (χ4v) is 4.49. The number of carbonyl (C=O) groups excluding carboxylic acids is 1. The van der Waals surface area contributed by atoms with Crippen molar-refractivity contribution in [2.45, 2.75) is 33.1 Å². The zero-order valence-corrected chi connectivity index (χ0v) is 18.7. The number of amides is 1. The first-order valence-corrected chi connectivity index (χ1v) is 11.3. The van der Waals surface area contributed by atoms with E-state index in [1.807, 2.05) is 49.4 Å². The molecule has 5 heteroatoms. The number of benzene rings is 2. The number of rotatable bonds is 6. The second kappa shape index (κ2) is 9.23. The minimum Gasteiger partial charge on any atom is -0.310 e. The predicted molar refractivity (Wildman–Crippen MR) is 128 cm³/mol. The van der Waals surface area contributed by atoms with Crippen molar-refractivity contribution in [1.29, 1.82) is 0 Å². The van der Waals surface area contributed by atoms with Crippen molar-refractivity contribution >= 4 is 23.1 Å². The molecule has 0 aliphatic heterocycles. The van der Waals surface area contributed by atoms with Gasteiger partial charge in [-0.15, -0.1) is 11.3 Å². The Morgan fingerprint density at radius 3 is 2.58 bits per heavy atom. The molecule has 0 radical (unpaired) electrons. The van der Waals surface area contributed by atoms with Gasteiger partial charge in [0.2, 0.25) is 5.91 Å². The van der Waals surface area contributed by atoms with Gasteiger partial charge in [-0.05, 0) is 49.6 Å². The first-order valence-electron chi connectivity index (χ1n) is 10.4. The summed E-state index contributed by atoms with van der Waals surface area (Å²) in [5.74, 6) is 0.213. The summed E-state index contributed by atoms with van der Waals surface area (Å²) >= 11 is 1.69. The average molecular weight is 428 g/mol. The molecule has 2 heterocycles. The third kappa shape index (κ3) is 4.72. The molecule has 1 unspecified atom stereocenters. The van der Waals surface area contributed by atoms with E-state index in [0.717, 1.165) is 38.7 Å². The number of aromatic nitrogens is 2. The van der Waals surface area contributed by atoms with E-state index in [4.69, 9.17) is 4.98 Å². The van der Waals surface area contributed by atoms with Crippen LogP contribution < -0.4 is 5.32 Å². The van der Waals surface area contributed by atoms with Crippen LogP contribution in [0.3, 0.4) is 0 Å². The fourth-order valence-electron chi connectivity index (χ4n) is 3.47. The smallest absolute Gasteiger partial charge is 0.232 e. The molecule has 1 amide bonds. The molecule has 0 saturated carbocycles. The molecule has 0 bridgehead atoms. The molecule has 0 saturated heterocycles. The van der Waals surface area contributed by atoms with Crippen LogP contribution in [0.15, 0.2) is 72.9 Å². The molecule has 0 aliphatic carbocycles. The summed E-state index contributed by atoms with van der Waals surface area (Å²) in [5.41, 5.74) is 5.27. The van der Waals surface area contributed by atoms with E-state index in [-0.39, 0.29) is 11.8 Å². The maximum absolute atomic E-state index is 12.8. The molecular formula is C26H25N3OS. The monoisotopic (exact) mass is 427 g/mol. The van der Waals surface area contributed by atoms with Gasteiger partial charge in [0.15, 0.2) is 0 Å². The van der Waals surface area contributed by atoms with Gasteiger partial charge in [-0.3, -0.25) is 4.79 Å². The van der Waals surface area contributed by atoms with Gasteiger partial charge in [0.25, 0.3) is 0 Å². The minimum absolute atomic E-state index is 0.0756. The van der Waals surface area contributed by atoms with Crippen LogP contribution in [-0.4, -0.2) is 15.9 Å². The predicted octanol–water partition coefficient (Wildman–Crippen LogP) is 6.49. The van der Waals surface area contributed by atoms with Crippen LogP contribution in [0.1, 0.15) is 35.9 Å². The number of pyridine rings is 1. The zero-order valence-electron chi connectivity index (χ0n) is 17.9. The van der Waals surface area contributed by atoms with E-state index >= 15 is 0 Å². The molecule has 4 rings (SSSR count). The van der Waals surface area contributed by atoms with E-state index in [1.165, 1.54) is 5.56 Å². The van der Waals surface area contributed by atoms with Gasteiger partial charge >= 0.3 is 0 Å². The van der Waals surface area contributed by atoms with Crippen molar-refractivity contribution in [3.05, 3.63) is 89.1 Å². The highest BCUT2D eigenvalue weighted by Crippen LogP contribution is 2.38. The average Bonchev–Trinajstić information content (AvgIpc) is 3.24. The number of aryl methyl sites for hydroxylation is 2. The number of nitrogens with one attached hydrogen (secondary N) is 1. The lowest BCUT2D eigenvalue weighted by Crippen LogP contribution is -2.19. The topological polar surface area (TPSA) is 54.9 Å². The first-order chi connectivity index (χ1) is 15.0. The lowest BCUT2D eigenvalue weighted by Gasteiger charge is -2.12. The number of thiazole rings is 1.